The van der Waals surface area contributed by atoms with Gasteiger partial charge in [0.25, 0.3) is 10.0 Å². The first kappa shape index (κ1) is 21.1. The van der Waals surface area contributed by atoms with Crippen LogP contribution in [-0.4, -0.2) is 28.0 Å². The van der Waals surface area contributed by atoms with Crippen LogP contribution in [0.1, 0.15) is 17.0 Å². The highest BCUT2D eigenvalue weighted by molar-refractivity contribution is 7.92. The highest BCUT2D eigenvalue weighted by Crippen LogP contribution is 2.25. The summed E-state index contributed by atoms with van der Waals surface area (Å²) < 4.78 is 45.6. The maximum atomic E-state index is 14.0. The largest absolute Gasteiger partial charge is 0.266 e. The molecule has 160 valence electrons. The molecule has 0 aliphatic carbocycles. The number of benzene rings is 2. The van der Waals surface area contributed by atoms with Gasteiger partial charge >= 0.3 is 0 Å². The standard InChI is InChI=1S/C21H19ClFN5O2S/c1-14-21(15(2)28(24-14)16-7-4-3-5-8-16)31(29,30)26-20-11-12-27(25-20)13-17-18(22)9-6-10-19(17)23/h3-12H,13H2,1-2H3,(H,25,26). The molecule has 0 unspecified atom stereocenters. The van der Waals surface area contributed by atoms with Gasteiger partial charge in [-0.25, -0.2) is 17.5 Å². The summed E-state index contributed by atoms with van der Waals surface area (Å²) in [5.41, 5.74) is 1.88. The molecule has 2 heterocycles. The minimum atomic E-state index is -3.95. The van der Waals surface area contributed by atoms with Crippen molar-refractivity contribution in [3.63, 3.8) is 0 Å². The molecular weight excluding hydrogens is 441 g/mol. The topological polar surface area (TPSA) is 81.8 Å². The van der Waals surface area contributed by atoms with E-state index in [9.17, 15) is 12.8 Å². The second-order valence-electron chi connectivity index (χ2n) is 6.95. The predicted molar refractivity (Wildman–Crippen MR) is 117 cm³/mol. The average Bonchev–Trinajstić information content (AvgIpc) is 3.28. The number of aromatic nitrogens is 4. The van der Waals surface area contributed by atoms with Crippen LogP contribution in [0, 0.1) is 19.7 Å². The molecule has 0 atom stereocenters. The third kappa shape index (κ3) is 4.19. The van der Waals surface area contributed by atoms with Gasteiger partial charge in [-0.1, -0.05) is 35.9 Å². The van der Waals surface area contributed by atoms with Crippen molar-refractivity contribution in [2.45, 2.75) is 25.3 Å². The van der Waals surface area contributed by atoms with E-state index in [1.54, 1.807) is 30.8 Å². The zero-order valence-corrected chi connectivity index (χ0v) is 18.3. The van der Waals surface area contributed by atoms with Gasteiger partial charge in [0.15, 0.2) is 5.82 Å². The van der Waals surface area contributed by atoms with Crippen LogP contribution in [0.5, 0.6) is 0 Å². The summed E-state index contributed by atoms with van der Waals surface area (Å²) in [5, 5.41) is 8.86. The van der Waals surface area contributed by atoms with Crippen molar-refractivity contribution in [1.29, 1.82) is 0 Å². The van der Waals surface area contributed by atoms with E-state index < -0.39 is 15.8 Å². The van der Waals surface area contributed by atoms with Gasteiger partial charge in [-0.3, -0.25) is 9.40 Å². The Hall–Kier alpha value is -3.17. The fourth-order valence-corrected chi connectivity index (χ4v) is 4.99. The number of aryl methyl sites for hydroxylation is 1. The Morgan fingerprint density at radius 2 is 1.77 bits per heavy atom. The van der Waals surface area contributed by atoms with Crippen LogP contribution in [0.25, 0.3) is 5.69 Å². The Morgan fingerprint density at radius 3 is 2.48 bits per heavy atom. The Morgan fingerprint density at radius 1 is 1.03 bits per heavy atom. The molecule has 0 aliphatic heterocycles. The Balaban J connectivity index is 1.60. The van der Waals surface area contributed by atoms with Gasteiger partial charge in [-0.2, -0.15) is 10.2 Å². The molecule has 7 nitrogen and oxygen atoms in total. The summed E-state index contributed by atoms with van der Waals surface area (Å²) in [6.45, 7) is 3.40. The maximum Gasteiger partial charge on any atom is 0.266 e. The van der Waals surface area contributed by atoms with Gasteiger partial charge < -0.3 is 0 Å². The third-order valence-corrected chi connectivity index (χ3v) is 6.72. The molecule has 0 amide bonds. The lowest BCUT2D eigenvalue weighted by molar-refractivity contribution is 0.585. The lowest BCUT2D eigenvalue weighted by Crippen LogP contribution is -2.16. The molecule has 4 rings (SSSR count). The van der Waals surface area contributed by atoms with Crippen LogP contribution >= 0.6 is 11.6 Å². The van der Waals surface area contributed by atoms with Gasteiger partial charge in [0, 0.05) is 22.8 Å². The molecular formula is C21H19ClFN5O2S. The van der Waals surface area contributed by atoms with Crippen LogP contribution in [0.2, 0.25) is 5.02 Å². The van der Waals surface area contributed by atoms with Crippen molar-refractivity contribution in [3.8, 4) is 5.69 Å². The first-order valence-electron chi connectivity index (χ1n) is 9.37. The Bertz CT molecular complexity index is 1330. The normalized spacial score (nSPS) is 11.6. The number of halogens is 2. The SMILES string of the molecule is Cc1nn(-c2ccccc2)c(C)c1S(=O)(=O)Nc1ccn(Cc2c(F)cccc2Cl)n1. The van der Waals surface area contributed by atoms with Gasteiger partial charge in [-0.05, 0) is 38.1 Å². The summed E-state index contributed by atoms with van der Waals surface area (Å²) in [4.78, 5) is 0.0862. The van der Waals surface area contributed by atoms with Gasteiger partial charge in [0.05, 0.1) is 23.6 Å². The summed E-state index contributed by atoms with van der Waals surface area (Å²) in [6.07, 6.45) is 1.55. The van der Waals surface area contributed by atoms with Gasteiger partial charge in [0.2, 0.25) is 0 Å². The van der Waals surface area contributed by atoms with E-state index >= 15 is 0 Å². The number of anilines is 1. The average molecular weight is 460 g/mol. The summed E-state index contributed by atoms with van der Waals surface area (Å²) in [6, 6.07) is 15.2. The van der Waals surface area contributed by atoms with Gasteiger partial charge in [-0.15, -0.1) is 0 Å². The molecule has 0 bridgehead atoms. The van der Waals surface area contributed by atoms with E-state index in [1.165, 1.54) is 22.9 Å². The van der Waals surface area contributed by atoms with E-state index in [4.69, 9.17) is 11.6 Å². The van der Waals surface area contributed by atoms with Crippen LogP contribution < -0.4 is 4.72 Å². The minimum Gasteiger partial charge on any atom is -0.266 e. The monoisotopic (exact) mass is 459 g/mol. The number of sulfonamides is 1. The zero-order chi connectivity index (χ0) is 22.2. The number of nitrogens with one attached hydrogen (secondary N) is 1. The van der Waals surface area contributed by atoms with E-state index in [0.29, 0.717) is 11.4 Å². The first-order valence-corrected chi connectivity index (χ1v) is 11.2. The number of rotatable bonds is 6. The molecule has 0 aliphatic rings. The van der Waals surface area contributed by atoms with Crippen molar-refractivity contribution in [1.82, 2.24) is 19.6 Å². The summed E-state index contributed by atoms with van der Waals surface area (Å²) in [5.74, 6) is -0.344. The first-order chi connectivity index (χ1) is 14.8. The highest BCUT2D eigenvalue weighted by Gasteiger charge is 2.26. The van der Waals surface area contributed by atoms with Crippen molar-refractivity contribution < 1.29 is 12.8 Å². The fourth-order valence-electron chi connectivity index (χ4n) is 3.38. The molecule has 31 heavy (non-hydrogen) atoms. The maximum absolute atomic E-state index is 14.0. The van der Waals surface area contributed by atoms with Crippen LogP contribution in [-0.2, 0) is 16.6 Å². The van der Waals surface area contributed by atoms with E-state index in [-0.39, 0.29) is 27.8 Å². The molecule has 0 saturated carbocycles. The quantitative estimate of drug-likeness (QED) is 0.465. The highest BCUT2D eigenvalue weighted by atomic mass is 35.5. The second kappa shape index (κ2) is 8.16. The lowest BCUT2D eigenvalue weighted by Gasteiger charge is -2.08. The van der Waals surface area contributed by atoms with Gasteiger partial charge in [0.1, 0.15) is 10.7 Å². The van der Waals surface area contributed by atoms with Crippen molar-refractivity contribution in [2.24, 2.45) is 0 Å². The minimum absolute atomic E-state index is 0.0667. The summed E-state index contributed by atoms with van der Waals surface area (Å²) >= 11 is 6.06. The van der Waals surface area contributed by atoms with Crippen molar-refractivity contribution >= 4 is 27.4 Å². The second-order valence-corrected chi connectivity index (χ2v) is 8.98. The van der Waals surface area contributed by atoms with E-state index in [1.807, 2.05) is 30.3 Å². The predicted octanol–water partition coefficient (Wildman–Crippen LogP) is 4.33. The molecule has 2 aromatic carbocycles. The number of hydrogen-bond acceptors (Lipinski definition) is 4. The molecule has 0 spiro atoms. The Labute approximate surface area is 184 Å². The number of para-hydroxylation sites is 1. The van der Waals surface area contributed by atoms with E-state index in [2.05, 4.69) is 14.9 Å². The number of nitrogens with zero attached hydrogens (tertiary/aromatic N) is 4. The molecule has 10 heteroatoms. The molecule has 0 fully saturated rings. The zero-order valence-electron chi connectivity index (χ0n) is 16.8. The number of hydrogen-bond donors (Lipinski definition) is 1. The van der Waals surface area contributed by atoms with E-state index in [0.717, 1.165) is 5.69 Å². The van der Waals surface area contributed by atoms with Crippen molar-refractivity contribution in [2.75, 3.05) is 4.72 Å². The summed E-state index contributed by atoms with van der Waals surface area (Å²) in [7, 11) is -3.95. The molecule has 0 saturated heterocycles. The van der Waals surface area contributed by atoms with Crippen LogP contribution in [0.15, 0.2) is 65.7 Å². The van der Waals surface area contributed by atoms with Crippen LogP contribution in [0.4, 0.5) is 10.2 Å². The van der Waals surface area contributed by atoms with Crippen LogP contribution in [0.3, 0.4) is 0 Å². The Kier molecular flexibility index (Phi) is 5.55. The molecule has 0 radical (unpaired) electrons. The van der Waals surface area contributed by atoms with Crippen molar-refractivity contribution in [3.05, 3.63) is 88.6 Å². The molecule has 2 aromatic heterocycles. The molecule has 4 aromatic rings. The smallest absolute Gasteiger partial charge is 0.266 e. The third-order valence-electron chi connectivity index (χ3n) is 4.76. The lowest BCUT2D eigenvalue weighted by atomic mass is 10.2. The fraction of sp³-hybridized carbons (Fsp3) is 0.143. The molecule has 1 N–H and O–H groups in total.